The molecule has 1 aromatic rings. The Labute approximate surface area is 122 Å². The fourth-order valence-corrected chi connectivity index (χ4v) is 2.06. The molecule has 0 saturated heterocycles. The van der Waals surface area contributed by atoms with Crippen molar-refractivity contribution in [1.82, 2.24) is 5.32 Å². The molecule has 106 valence electrons. The summed E-state index contributed by atoms with van der Waals surface area (Å²) in [6.45, 7) is 2.00. The summed E-state index contributed by atoms with van der Waals surface area (Å²) in [6.07, 6.45) is 1.98. The largest absolute Gasteiger partial charge is 0.493 e. The molecular weight excluding hydrogens is 310 g/mol. The van der Waals surface area contributed by atoms with Crippen LogP contribution in [0, 0.1) is 0 Å². The molecule has 0 radical (unpaired) electrons. The van der Waals surface area contributed by atoms with Gasteiger partial charge in [0, 0.05) is 16.9 Å². The average molecular weight is 330 g/mol. The smallest absolute Gasteiger partial charge is 0.251 e. The molecule has 0 spiro atoms. The van der Waals surface area contributed by atoms with Crippen molar-refractivity contribution in [2.45, 2.75) is 25.8 Å². The van der Waals surface area contributed by atoms with Gasteiger partial charge >= 0.3 is 0 Å². The molecule has 0 aliphatic heterocycles. The molecule has 0 fully saturated rings. The molecule has 5 heteroatoms. The first-order valence-electron chi connectivity index (χ1n) is 6.21. The molecule has 1 amide bonds. The predicted octanol–water partition coefficient (Wildman–Crippen LogP) is 3.00. The summed E-state index contributed by atoms with van der Waals surface area (Å²) >= 11 is 3.38. The molecule has 0 saturated carbocycles. The first kappa shape index (κ1) is 15.8. The normalized spacial score (nSPS) is 11.8. The van der Waals surface area contributed by atoms with E-state index in [0.29, 0.717) is 17.1 Å². The minimum atomic E-state index is -0.0944. The number of alkyl halides is 1. The molecule has 1 rings (SSSR count). The number of hydrogen-bond acceptors (Lipinski definition) is 3. The van der Waals surface area contributed by atoms with Gasteiger partial charge in [0.05, 0.1) is 14.2 Å². The summed E-state index contributed by atoms with van der Waals surface area (Å²) in [5.74, 6) is 1.08. The lowest BCUT2D eigenvalue weighted by molar-refractivity contribution is 0.0938. The summed E-state index contributed by atoms with van der Waals surface area (Å²) in [4.78, 5) is 12.1. The summed E-state index contributed by atoms with van der Waals surface area (Å²) in [7, 11) is 3.12. The summed E-state index contributed by atoms with van der Waals surface area (Å²) in [5, 5.41) is 3.91. The Balaban J connectivity index is 2.71. The molecule has 1 aromatic carbocycles. The lowest BCUT2D eigenvalue weighted by Crippen LogP contribution is -2.32. The first-order valence-corrected chi connectivity index (χ1v) is 7.33. The number of ether oxygens (including phenoxy) is 2. The van der Waals surface area contributed by atoms with Crippen LogP contribution in [0.2, 0.25) is 0 Å². The number of benzene rings is 1. The number of carbonyl (C=O) groups excluding carboxylic acids is 1. The molecule has 0 bridgehead atoms. The maximum atomic E-state index is 12.1. The third-order valence-electron chi connectivity index (χ3n) is 2.79. The Kier molecular flexibility index (Phi) is 6.70. The topological polar surface area (TPSA) is 47.6 Å². The van der Waals surface area contributed by atoms with Gasteiger partial charge in [0.2, 0.25) is 0 Å². The highest BCUT2D eigenvalue weighted by Gasteiger charge is 2.12. The monoisotopic (exact) mass is 329 g/mol. The molecule has 4 nitrogen and oxygen atoms in total. The van der Waals surface area contributed by atoms with Gasteiger partial charge in [-0.2, -0.15) is 0 Å². The third kappa shape index (κ3) is 4.74. The zero-order valence-corrected chi connectivity index (χ0v) is 13.1. The van der Waals surface area contributed by atoms with E-state index in [1.165, 1.54) is 0 Å². The van der Waals surface area contributed by atoms with Crippen molar-refractivity contribution in [3.8, 4) is 11.5 Å². The van der Waals surface area contributed by atoms with Crippen LogP contribution in [0.4, 0.5) is 0 Å². The van der Waals surface area contributed by atoms with Crippen molar-refractivity contribution in [1.29, 1.82) is 0 Å². The van der Waals surface area contributed by atoms with Gasteiger partial charge in [-0.25, -0.2) is 0 Å². The SMILES string of the molecule is COc1ccc(C(=O)NC(C)CCCBr)cc1OC. The van der Waals surface area contributed by atoms with Crippen molar-refractivity contribution < 1.29 is 14.3 Å². The van der Waals surface area contributed by atoms with E-state index in [2.05, 4.69) is 21.2 Å². The van der Waals surface area contributed by atoms with Crippen LogP contribution in [0.15, 0.2) is 18.2 Å². The van der Waals surface area contributed by atoms with Gasteiger partial charge in [-0.1, -0.05) is 15.9 Å². The van der Waals surface area contributed by atoms with Gasteiger partial charge < -0.3 is 14.8 Å². The second kappa shape index (κ2) is 8.04. The van der Waals surface area contributed by atoms with E-state index in [0.717, 1.165) is 18.2 Å². The van der Waals surface area contributed by atoms with Crippen LogP contribution in [0.5, 0.6) is 11.5 Å². The quantitative estimate of drug-likeness (QED) is 0.782. The van der Waals surface area contributed by atoms with Crippen LogP contribution in [0.3, 0.4) is 0 Å². The van der Waals surface area contributed by atoms with Gasteiger partial charge in [-0.15, -0.1) is 0 Å². The summed E-state index contributed by atoms with van der Waals surface area (Å²) in [5.41, 5.74) is 0.573. The lowest BCUT2D eigenvalue weighted by Gasteiger charge is -2.14. The molecule has 19 heavy (non-hydrogen) atoms. The van der Waals surface area contributed by atoms with Gasteiger partial charge in [-0.05, 0) is 38.0 Å². The van der Waals surface area contributed by atoms with E-state index in [4.69, 9.17) is 9.47 Å². The molecule has 0 aliphatic carbocycles. The van der Waals surface area contributed by atoms with Gasteiger partial charge in [0.25, 0.3) is 5.91 Å². The molecule has 1 unspecified atom stereocenters. The van der Waals surface area contributed by atoms with E-state index in [1.807, 2.05) is 6.92 Å². The molecule has 1 N–H and O–H groups in total. The highest BCUT2D eigenvalue weighted by molar-refractivity contribution is 9.09. The number of halogens is 1. The first-order chi connectivity index (χ1) is 9.12. The van der Waals surface area contributed by atoms with Crippen molar-refractivity contribution in [3.63, 3.8) is 0 Å². The highest BCUT2D eigenvalue weighted by atomic mass is 79.9. The number of nitrogens with one attached hydrogen (secondary N) is 1. The van der Waals surface area contributed by atoms with Gasteiger partial charge in [-0.3, -0.25) is 4.79 Å². The zero-order valence-electron chi connectivity index (χ0n) is 11.5. The molecule has 0 heterocycles. The van der Waals surface area contributed by atoms with Crippen LogP contribution in [-0.4, -0.2) is 31.5 Å². The molecule has 1 atom stereocenters. The maximum Gasteiger partial charge on any atom is 0.251 e. The standard InChI is InChI=1S/C14H20BrNO3/c1-10(5-4-8-15)16-14(17)11-6-7-12(18-2)13(9-11)19-3/h6-7,9-10H,4-5,8H2,1-3H3,(H,16,17). The molecule has 0 aromatic heterocycles. The minimum absolute atomic E-state index is 0.0944. The average Bonchev–Trinajstić information content (AvgIpc) is 2.44. The second-order valence-corrected chi connectivity index (χ2v) is 5.07. The van der Waals surface area contributed by atoms with Crippen molar-refractivity contribution in [2.24, 2.45) is 0 Å². The summed E-state index contributed by atoms with van der Waals surface area (Å²) in [6, 6.07) is 5.30. The number of methoxy groups -OCH3 is 2. The van der Waals surface area contributed by atoms with E-state index < -0.39 is 0 Å². The van der Waals surface area contributed by atoms with Crippen LogP contribution >= 0.6 is 15.9 Å². The van der Waals surface area contributed by atoms with E-state index >= 15 is 0 Å². The molecule has 0 aliphatic rings. The number of rotatable bonds is 7. The summed E-state index contributed by atoms with van der Waals surface area (Å²) < 4.78 is 10.3. The van der Waals surface area contributed by atoms with Crippen molar-refractivity contribution in [2.75, 3.05) is 19.5 Å². The maximum absolute atomic E-state index is 12.1. The Bertz CT molecular complexity index is 423. The van der Waals surface area contributed by atoms with E-state index in [1.54, 1.807) is 32.4 Å². The second-order valence-electron chi connectivity index (χ2n) is 4.28. The van der Waals surface area contributed by atoms with Gasteiger partial charge in [0.1, 0.15) is 0 Å². The number of hydrogen-bond donors (Lipinski definition) is 1. The number of amides is 1. The van der Waals surface area contributed by atoms with Crippen LogP contribution in [0.25, 0.3) is 0 Å². The lowest BCUT2D eigenvalue weighted by atomic mass is 10.1. The Morgan fingerprint density at radius 1 is 1.32 bits per heavy atom. The Hall–Kier alpha value is -1.23. The zero-order chi connectivity index (χ0) is 14.3. The fourth-order valence-electron chi connectivity index (χ4n) is 1.74. The van der Waals surface area contributed by atoms with Gasteiger partial charge in [0.15, 0.2) is 11.5 Å². The van der Waals surface area contributed by atoms with Crippen molar-refractivity contribution in [3.05, 3.63) is 23.8 Å². The van der Waals surface area contributed by atoms with Crippen LogP contribution < -0.4 is 14.8 Å². The fraction of sp³-hybridized carbons (Fsp3) is 0.500. The molecular formula is C14H20BrNO3. The Morgan fingerprint density at radius 2 is 2.00 bits per heavy atom. The van der Waals surface area contributed by atoms with E-state index in [-0.39, 0.29) is 11.9 Å². The predicted molar refractivity (Wildman–Crippen MR) is 79.5 cm³/mol. The van der Waals surface area contributed by atoms with E-state index in [9.17, 15) is 4.79 Å². The van der Waals surface area contributed by atoms with Crippen LogP contribution in [-0.2, 0) is 0 Å². The number of carbonyl (C=O) groups is 1. The third-order valence-corrected chi connectivity index (χ3v) is 3.35. The van der Waals surface area contributed by atoms with Crippen molar-refractivity contribution >= 4 is 21.8 Å². The van der Waals surface area contributed by atoms with Crippen LogP contribution in [0.1, 0.15) is 30.1 Å². The highest BCUT2D eigenvalue weighted by Crippen LogP contribution is 2.27. The minimum Gasteiger partial charge on any atom is -0.493 e. The Morgan fingerprint density at radius 3 is 2.58 bits per heavy atom.